The van der Waals surface area contributed by atoms with Gasteiger partial charge in [0.15, 0.2) is 5.78 Å². The molecular formula is C24H27F3N6O4. The molecule has 0 aromatic carbocycles. The van der Waals surface area contributed by atoms with E-state index in [0.717, 1.165) is 0 Å². The van der Waals surface area contributed by atoms with E-state index in [-0.39, 0.29) is 5.92 Å². The molecular weight excluding hydrogens is 493 g/mol. The number of alkyl halides is 3. The number of amides is 2. The van der Waals surface area contributed by atoms with Crippen LogP contribution in [0.3, 0.4) is 0 Å². The van der Waals surface area contributed by atoms with Crippen molar-refractivity contribution in [2.75, 3.05) is 10.6 Å². The number of pyridine rings is 2. The highest BCUT2D eigenvalue weighted by atomic mass is 19.4. The first kappa shape index (κ1) is 27.4. The average Bonchev–Trinajstić information content (AvgIpc) is 3.23. The summed E-state index contributed by atoms with van der Waals surface area (Å²) < 4.78 is 37.8. The number of aliphatic carboxylic acids is 1. The third-order valence-corrected chi connectivity index (χ3v) is 5.55. The summed E-state index contributed by atoms with van der Waals surface area (Å²) in [5.74, 6) is -1.98. The van der Waals surface area contributed by atoms with Crippen LogP contribution < -0.4 is 16.0 Å². The average molecular weight is 521 g/mol. The van der Waals surface area contributed by atoms with E-state index in [0.29, 0.717) is 33.5 Å². The van der Waals surface area contributed by atoms with Gasteiger partial charge in [0.25, 0.3) is 0 Å². The van der Waals surface area contributed by atoms with Crippen LogP contribution in [0.2, 0.25) is 0 Å². The van der Waals surface area contributed by atoms with Crippen LogP contribution in [-0.4, -0.2) is 56.1 Å². The molecule has 0 aliphatic rings. The number of ketones is 1. The normalized spacial score (nSPS) is 13.3. The van der Waals surface area contributed by atoms with Crippen molar-refractivity contribution in [1.29, 1.82) is 0 Å². The van der Waals surface area contributed by atoms with Crippen molar-refractivity contribution in [2.45, 2.75) is 51.9 Å². The number of aromatic nitrogens is 3. The van der Waals surface area contributed by atoms with Gasteiger partial charge in [0.2, 0.25) is 0 Å². The maximum absolute atomic E-state index is 12.6. The Morgan fingerprint density at radius 2 is 1.81 bits per heavy atom. The maximum Gasteiger partial charge on any atom is 0.389 e. The molecule has 5 N–H and O–H groups in total. The van der Waals surface area contributed by atoms with Gasteiger partial charge in [-0.15, -0.1) is 0 Å². The Hall–Kier alpha value is -4.16. The zero-order chi connectivity index (χ0) is 27.3. The fourth-order valence-corrected chi connectivity index (χ4v) is 3.62. The molecule has 0 spiro atoms. The summed E-state index contributed by atoms with van der Waals surface area (Å²) in [5, 5.41) is 17.4. The van der Waals surface area contributed by atoms with Crippen LogP contribution in [0.25, 0.3) is 22.2 Å². The van der Waals surface area contributed by atoms with Crippen molar-refractivity contribution in [3.63, 3.8) is 0 Å². The predicted octanol–water partition coefficient (Wildman–Crippen LogP) is 4.57. The van der Waals surface area contributed by atoms with Crippen LogP contribution in [0, 0.1) is 5.92 Å². The van der Waals surface area contributed by atoms with Crippen molar-refractivity contribution < 1.29 is 32.7 Å². The van der Waals surface area contributed by atoms with Crippen molar-refractivity contribution in [3.05, 3.63) is 36.9 Å². The van der Waals surface area contributed by atoms with Gasteiger partial charge >= 0.3 is 18.2 Å². The Morgan fingerprint density at radius 1 is 1.08 bits per heavy atom. The Morgan fingerprint density at radius 3 is 2.46 bits per heavy atom. The molecule has 10 nitrogen and oxygen atoms in total. The number of hydrogen-bond acceptors (Lipinski definition) is 6. The first-order chi connectivity index (χ1) is 17.3. The molecule has 0 aliphatic heterocycles. The molecule has 13 heteroatoms. The number of carboxylic acid groups (broad SMARTS) is 1. The minimum absolute atomic E-state index is 0.259. The van der Waals surface area contributed by atoms with Gasteiger partial charge in [-0.1, -0.05) is 13.8 Å². The lowest BCUT2D eigenvalue weighted by molar-refractivity contribution is -0.143. The van der Waals surface area contributed by atoms with Crippen molar-refractivity contribution >= 4 is 40.2 Å². The highest BCUT2D eigenvalue weighted by Crippen LogP contribution is 2.31. The molecule has 0 aliphatic carbocycles. The second-order valence-electron chi connectivity index (χ2n) is 8.89. The van der Waals surface area contributed by atoms with Crippen molar-refractivity contribution in [2.24, 2.45) is 5.92 Å². The topological polar surface area (TPSA) is 149 Å². The fraction of sp³-hybridized carbons (Fsp3) is 0.375. The van der Waals surface area contributed by atoms with E-state index in [1.54, 1.807) is 38.4 Å². The van der Waals surface area contributed by atoms with Gasteiger partial charge in [-0.2, -0.15) is 13.2 Å². The van der Waals surface area contributed by atoms with Crippen LogP contribution in [0.1, 0.15) is 33.6 Å². The third kappa shape index (κ3) is 7.41. The summed E-state index contributed by atoms with van der Waals surface area (Å²) in [4.78, 5) is 47.0. The van der Waals surface area contributed by atoms with E-state index in [9.17, 15) is 27.6 Å². The first-order valence-electron chi connectivity index (χ1n) is 11.4. The van der Waals surface area contributed by atoms with Gasteiger partial charge in [0, 0.05) is 41.5 Å². The minimum Gasteiger partial charge on any atom is -0.480 e. The molecule has 0 saturated carbocycles. The van der Waals surface area contributed by atoms with E-state index in [4.69, 9.17) is 5.11 Å². The first-order valence-corrected chi connectivity index (χ1v) is 11.4. The molecule has 2 amide bonds. The molecule has 3 rings (SSSR count). The Kier molecular flexibility index (Phi) is 8.35. The minimum atomic E-state index is -4.41. The Labute approximate surface area is 210 Å². The van der Waals surface area contributed by atoms with Crippen LogP contribution in [0.15, 0.2) is 36.9 Å². The summed E-state index contributed by atoms with van der Waals surface area (Å²) >= 11 is 0. The largest absolute Gasteiger partial charge is 0.480 e. The molecule has 0 bridgehead atoms. The Balaban J connectivity index is 1.81. The second-order valence-corrected chi connectivity index (χ2v) is 8.89. The summed E-state index contributed by atoms with van der Waals surface area (Å²) in [6.07, 6.45) is -0.0666. The number of H-pyrrole nitrogens is 1. The predicted molar refractivity (Wildman–Crippen MR) is 131 cm³/mol. The number of hydrogen-bond donors (Lipinski definition) is 5. The van der Waals surface area contributed by atoms with Gasteiger partial charge in [0.1, 0.15) is 11.7 Å². The number of nitrogens with one attached hydrogen (secondary N) is 4. The van der Waals surface area contributed by atoms with Gasteiger partial charge in [-0.3, -0.25) is 14.6 Å². The number of Topliss-reactive ketones (excluding diaryl/α,β-unsaturated/α-hetero) is 1. The van der Waals surface area contributed by atoms with Gasteiger partial charge < -0.3 is 26.0 Å². The summed E-state index contributed by atoms with van der Waals surface area (Å²) in [6.45, 7) is 4.82. The number of carbonyl (C=O) groups excluding carboxylic acids is 2. The number of carbonyl (C=O) groups is 3. The molecule has 0 fully saturated rings. The SMILES string of the molecule is CC(NC(=O)Nc1cnc2[nH]cc(-c3cncc(NC(C(=O)CCC(F)(F)F)C(C)C)c3)c2c1)C(=O)O. The van der Waals surface area contributed by atoms with E-state index in [1.165, 1.54) is 19.3 Å². The number of fused-ring (bicyclic) bond motifs is 1. The van der Waals surface area contributed by atoms with E-state index in [1.807, 2.05) is 0 Å². The molecule has 2 atom stereocenters. The standard InChI is InChI=1S/C24H27F3N6O4/c1-12(2)20(19(34)4-5-24(25,26)27)32-15-6-14(8-28-9-15)18-11-30-21-17(18)7-16(10-29-21)33-23(37)31-13(3)22(35)36/h6-13,20,32H,4-5H2,1-3H3,(H,29,30)(H,35,36)(H2,31,33,37). The molecule has 198 valence electrons. The maximum atomic E-state index is 12.6. The van der Waals surface area contributed by atoms with E-state index in [2.05, 4.69) is 30.9 Å². The molecule has 0 saturated heterocycles. The molecule has 37 heavy (non-hydrogen) atoms. The quantitative estimate of drug-likeness (QED) is 0.263. The van der Waals surface area contributed by atoms with Crippen LogP contribution in [0.5, 0.6) is 0 Å². The number of aromatic amines is 1. The number of nitrogens with zero attached hydrogens (tertiary/aromatic N) is 2. The Bertz CT molecular complexity index is 1290. The van der Waals surface area contributed by atoms with Gasteiger partial charge in [0.05, 0.1) is 30.0 Å². The molecule has 3 aromatic heterocycles. The number of anilines is 2. The van der Waals surface area contributed by atoms with Crippen LogP contribution >= 0.6 is 0 Å². The van der Waals surface area contributed by atoms with Crippen molar-refractivity contribution in [1.82, 2.24) is 20.3 Å². The van der Waals surface area contributed by atoms with Gasteiger partial charge in [-0.05, 0) is 25.0 Å². The van der Waals surface area contributed by atoms with Crippen LogP contribution in [-0.2, 0) is 9.59 Å². The molecule has 3 heterocycles. The molecule has 2 unspecified atom stereocenters. The lowest BCUT2D eigenvalue weighted by Crippen LogP contribution is -2.40. The zero-order valence-corrected chi connectivity index (χ0v) is 20.3. The molecule has 3 aromatic rings. The summed E-state index contributed by atoms with van der Waals surface area (Å²) in [5.41, 5.74) is 2.59. The smallest absolute Gasteiger partial charge is 0.389 e. The highest BCUT2D eigenvalue weighted by Gasteiger charge is 2.31. The monoisotopic (exact) mass is 520 g/mol. The lowest BCUT2D eigenvalue weighted by atomic mass is 9.96. The lowest BCUT2D eigenvalue weighted by Gasteiger charge is -2.22. The third-order valence-electron chi connectivity index (χ3n) is 5.55. The summed E-state index contributed by atoms with van der Waals surface area (Å²) in [7, 11) is 0. The van der Waals surface area contributed by atoms with Crippen molar-refractivity contribution in [3.8, 4) is 11.1 Å². The number of urea groups is 1. The summed E-state index contributed by atoms with van der Waals surface area (Å²) in [6, 6.07) is 0.735. The zero-order valence-electron chi connectivity index (χ0n) is 20.3. The number of carboxylic acids is 1. The van der Waals surface area contributed by atoms with E-state index >= 15 is 0 Å². The second kappa shape index (κ2) is 11.3. The number of halogens is 3. The highest BCUT2D eigenvalue weighted by molar-refractivity contribution is 5.98. The van der Waals surface area contributed by atoms with Gasteiger partial charge in [-0.25, -0.2) is 9.78 Å². The number of rotatable bonds is 10. The fourth-order valence-electron chi connectivity index (χ4n) is 3.62. The van der Waals surface area contributed by atoms with Crippen LogP contribution in [0.4, 0.5) is 29.3 Å². The van der Waals surface area contributed by atoms with E-state index < -0.39 is 48.9 Å². The molecule has 0 radical (unpaired) electrons.